The SMILES string of the molecule is O=C(c1ccc(Cl)cc1)c1[nH]ncc1S(=O)(=O)Cc1nnc(CS(=O)(=O)Nc2ccc(Cl)cc2)o1. The first-order valence-corrected chi connectivity index (χ1v) is 13.7. The molecular formula is C20H15Cl2N5O6S2. The van der Waals surface area contributed by atoms with Gasteiger partial charge in [-0.1, -0.05) is 23.2 Å². The number of aromatic nitrogens is 4. The van der Waals surface area contributed by atoms with Gasteiger partial charge < -0.3 is 4.42 Å². The van der Waals surface area contributed by atoms with Crippen LogP contribution in [-0.4, -0.2) is 43.0 Å². The van der Waals surface area contributed by atoms with Gasteiger partial charge in [0.05, 0.1) is 6.20 Å². The molecule has 0 atom stereocenters. The van der Waals surface area contributed by atoms with Crippen LogP contribution in [0.1, 0.15) is 27.8 Å². The van der Waals surface area contributed by atoms with Crippen LogP contribution in [0, 0.1) is 0 Å². The van der Waals surface area contributed by atoms with E-state index in [4.69, 9.17) is 27.6 Å². The standard InChI is InChI=1S/C20H15Cl2N5O6S2/c21-13-3-1-12(2-4-13)20(28)19-16(9-23-26-19)34(29,30)10-17-24-25-18(33-17)11-35(31,32)27-15-7-5-14(22)6-8-15/h1-9,27H,10-11H2,(H,23,26). The highest BCUT2D eigenvalue weighted by atomic mass is 35.5. The highest BCUT2D eigenvalue weighted by Gasteiger charge is 2.28. The van der Waals surface area contributed by atoms with E-state index >= 15 is 0 Å². The summed E-state index contributed by atoms with van der Waals surface area (Å²) in [6.07, 6.45) is 0.996. The summed E-state index contributed by atoms with van der Waals surface area (Å²) >= 11 is 11.6. The number of hydrogen-bond donors (Lipinski definition) is 2. The fourth-order valence-electron chi connectivity index (χ4n) is 2.96. The molecule has 2 heterocycles. The van der Waals surface area contributed by atoms with Crippen LogP contribution in [0.4, 0.5) is 5.69 Å². The molecule has 0 amide bonds. The fraction of sp³-hybridized carbons (Fsp3) is 0.100. The maximum absolute atomic E-state index is 12.9. The van der Waals surface area contributed by atoms with Gasteiger partial charge in [0.25, 0.3) is 0 Å². The molecule has 2 N–H and O–H groups in total. The highest BCUT2D eigenvalue weighted by Crippen LogP contribution is 2.22. The predicted molar refractivity (Wildman–Crippen MR) is 126 cm³/mol. The number of nitrogens with zero attached hydrogens (tertiary/aromatic N) is 3. The Morgan fingerprint density at radius 1 is 0.886 bits per heavy atom. The summed E-state index contributed by atoms with van der Waals surface area (Å²) in [5, 5.41) is 14.2. The van der Waals surface area contributed by atoms with Gasteiger partial charge in [0.15, 0.2) is 9.84 Å². The van der Waals surface area contributed by atoms with Crippen LogP contribution in [0.15, 0.2) is 64.0 Å². The van der Waals surface area contributed by atoms with Crippen LogP contribution in [0.2, 0.25) is 10.0 Å². The molecule has 0 spiro atoms. The quantitative estimate of drug-likeness (QED) is 0.294. The topological polar surface area (TPSA) is 165 Å². The zero-order valence-electron chi connectivity index (χ0n) is 17.5. The van der Waals surface area contributed by atoms with Gasteiger partial charge in [-0.05, 0) is 48.5 Å². The first-order valence-electron chi connectivity index (χ1n) is 9.66. The molecular weight excluding hydrogens is 541 g/mol. The molecule has 2 aromatic carbocycles. The third-order valence-corrected chi connectivity index (χ3v) is 7.81. The summed E-state index contributed by atoms with van der Waals surface area (Å²) in [5.41, 5.74) is 0.227. The first-order chi connectivity index (χ1) is 16.5. The molecule has 182 valence electrons. The number of aromatic amines is 1. The summed E-state index contributed by atoms with van der Waals surface area (Å²) in [6, 6.07) is 11.9. The van der Waals surface area contributed by atoms with Crippen LogP contribution in [0.5, 0.6) is 0 Å². The van der Waals surface area contributed by atoms with E-state index in [9.17, 15) is 21.6 Å². The number of anilines is 1. The molecule has 2 aromatic heterocycles. The lowest BCUT2D eigenvalue weighted by Gasteiger charge is -2.06. The Bertz CT molecular complexity index is 1580. The van der Waals surface area contributed by atoms with Crippen LogP contribution in [0.25, 0.3) is 0 Å². The van der Waals surface area contributed by atoms with E-state index in [1.165, 1.54) is 48.5 Å². The second kappa shape index (κ2) is 9.77. The largest absolute Gasteiger partial charge is 0.423 e. The smallest absolute Gasteiger partial charge is 0.241 e. The van der Waals surface area contributed by atoms with Gasteiger partial charge in [-0.3, -0.25) is 14.6 Å². The van der Waals surface area contributed by atoms with Crippen molar-refractivity contribution < 1.29 is 26.0 Å². The monoisotopic (exact) mass is 555 g/mol. The van der Waals surface area contributed by atoms with E-state index in [1.54, 1.807) is 0 Å². The van der Waals surface area contributed by atoms with Crippen molar-refractivity contribution in [2.24, 2.45) is 0 Å². The van der Waals surface area contributed by atoms with Crippen molar-refractivity contribution >= 4 is 54.5 Å². The fourth-order valence-corrected chi connectivity index (χ4v) is 5.48. The zero-order chi connectivity index (χ0) is 25.2. The second-order valence-electron chi connectivity index (χ2n) is 7.16. The molecule has 11 nitrogen and oxygen atoms in total. The number of carbonyl (C=O) groups excluding carboxylic acids is 1. The first kappa shape index (κ1) is 24.9. The van der Waals surface area contributed by atoms with Gasteiger partial charge in [-0.25, -0.2) is 16.8 Å². The number of hydrogen-bond acceptors (Lipinski definition) is 9. The summed E-state index contributed by atoms with van der Waals surface area (Å²) in [6.45, 7) is 0. The summed E-state index contributed by atoms with van der Waals surface area (Å²) < 4.78 is 58.2. The maximum Gasteiger partial charge on any atom is 0.241 e. The molecule has 15 heteroatoms. The molecule has 0 aliphatic carbocycles. The second-order valence-corrected chi connectivity index (χ2v) is 11.7. The van der Waals surface area contributed by atoms with Gasteiger partial charge in [-0.15, -0.1) is 10.2 Å². The molecule has 35 heavy (non-hydrogen) atoms. The number of nitrogens with one attached hydrogen (secondary N) is 2. The minimum Gasteiger partial charge on any atom is -0.423 e. The lowest BCUT2D eigenvalue weighted by molar-refractivity contribution is 0.103. The lowest BCUT2D eigenvalue weighted by Crippen LogP contribution is -2.15. The molecule has 0 radical (unpaired) electrons. The van der Waals surface area contributed by atoms with Crippen LogP contribution < -0.4 is 4.72 Å². The van der Waals surface area contributed by atoms with E-state index < -0.39 is 37.1 Å². The van der Waals surface area contributed by atoms with E-state index in [0.717, 1.165) is 6.20 Å². The normalized spacial score (nSPS) is 11.9. The van der Waals surface area contributed by atoms with Gasteiger partial charge in [-0.2, -0.15) is 5.10 Å². The molecule has 0 fully saturated rings. The predicted octanol–water partition coefficient (Wildman–Crippen LogP) is 3.25. The Morgan fingerprint density at radius 3 is 2.09 bits per heavy atom. The van der Waals surface area contributed by atoms with Gasteiger partial charge >= 0.3 is 0 Å². The Labute approximate surface area is 209 Å². The number of sulfone groups is 1. The van der Waals surface area contributed by atoms with Crippen molar-refractivity contribution in [3.63, 3.8) is 0 Å². The van der Waals surface area contributed by atoms with Crippen molar-refractivity contribution in [3.05, 3.63) is 87.8 Å². The number of ketones is 1. The van der Waals surface area contributed by atoms with Crippen LogP contribution in [-0.2, 0) is 31.4 Å². The Hall–Kier alpha value is -3.26. The van der Waals surface area contributed by atoms with E-state index in [2.05, 4.69) is 25.1 Å². The van der Waals surface area contributed by atoms with Gasteiger partial charge in [0.2, 0.25) is 27.6 Å². The Balaban J connectivity index is 1.48. The van der Waals surface area contributed by atoms with Crippen molar-refractivity contribution in [2.45, 2.75) is 16.4 Å². The molecule has 0 saturated carbocycles. The van der Waals surface area contributed by atoms with Crippen molar-refractivity contribution in [2.75, 3.05) is 4.72 Å². The van der Waals surface area contributed by atoms with E-state index in [0.29, 0.717) is 10.0 Å². The summed E-state index contributed by atoms with van der Waals surface area (Å²) in [7, 11) is -8.09. The van der Waals surface area contributed by atoms with Crippen molar-refractivity contribution in [3.8, 4) is 0 Å². The summed E-state index contributed by atoms with van der Waals surface area (Å²) in [4.78, 5) is 12.4. The Morgan fingerprint density at radius 2 is 1.46 bits per heavy atom. The van der Waals surface area contributed by atoms with Gasteiger partial charge in [0, 0.05) is 21.3 Å². The minimum atomic E-state index is -4.16. The van der Waals surface area contributed by atoms with Crippen molar-refractivity contribution in [1.29, 1.82) is 0 Å². The van der Waals surface area contributed by atoms with E-state index in [1.807, 2.05) is 0 Å². The zero-order valence-corrected chi connectivity index (χ0v) is 20.6. The van der Waals surface area contributed by atoms with Crippen LogP contribution >= 0.6 is 23.2 Å². The lowest BCUT2D eigenvalue weighted by atomic mass is 10.1. The Kier molecular flexibility index (Phi) is 6.94. The molecule has 4 aromatic rings. The third-order valence-electron chi connectivity index (χ3n) is 4.53. The third kappa shape index (κ3) is 6.06. The number of H-pyrrole nitrogens is 1. The maximum atomic E-state index is 12.9. The van der Waals surface area contributed by atoms with Gasteiger partial charge in [0.1, 0.15) is 22.1 Å². The number of sulfonamides is 1. The molecule has 0 aliphatic rings. The molecule has 0 bridgehead atoms. The van der Waals surface area contributed by atoms with E-state index in [-0.39, 0.29) is 33.6 Å². The number of benzene rings is 2. The molecule has 0 saturated heterocycles. The average Bonchev–Trinajstić information content (AvgIpc) is 3.45. The minimum absolute atomic E-state index is 0.202. The number of carbonyl (C=O) groups is 1. The average molecular weight is 556 g/mol. The molecule has 4 rings (SSSR count). The van der Waals surface area contributed by atoms with Crippen LogP contribution in [0.3, 0.4) is 0 Å². The molecule has 0 aliphatic heterocycles. The summed E-state index contributed by atoms with van der Waals surface area (Å²) in [5.74, 6) is -2.74. The van der Waals surface area contributed by atoms with Crippen molar-refractivity contribution in [1.82, 2.24) is 20.4 Å². The number of halogens is 2. The molecule has 0 unspecified atom stereocenters. The number of rotatable bonds is 9. The highest BCUT2D eigenvalue weighted by molar-refractivity contribution is 7.92.